The highest BCUT2D eigenvalue weighted by Gasteiger charge is 2.41. The minimum absolute atomic E-state index is 0.0923. The van der Waals surface area contributed by atoms with E-state index < -0.39 is 0 Å². The Balaban J connectivity index is 1.27. The van der Waals surface area contributed by atoms with Crippen LogP contribution in [-0.4, -0.2) is 71.4 Å². The van der Waals surface area contributed by atoms with Crippen molar-refractivity contribution in [2.75, 3.05) is 44.2 Å². The molecule has 2 saturated heterocycles. The number of piperidine rings is 1. The average Bonchev–Trinajstić information content (AvgIpc) is 3.35. The van der Waals surface area contributed by atoms with Crippen LogP contribution in [0.2, 0.25) is 0 Å². The minimum Gasteiger partial charge on any atom is -0.371 e. The molecule has 1 N–H and O–H groups in total. The first-order valence-corrected chi connectivity index (χ1v) is 15.1. The maximum Gasteiger partial charge on any atom is 0.195 e. The molecule has 0 atom stereocenters. The zero-order chi connectivity index (χ0) is 28.4. The van der Waals surface area contributed by atoms with E-state index in [0.717, 1.165) is 65.9 Å². The summed E-state index contributed by atoms with van der Waals surface area (Å²) in [5, 5.41) is 10.3. The molecule has 0 unspecified atom stereocenters. The average molecular weight is 538 g/mol. The van der Waals surface area contributed by atoms with Crippen molar-refractivity contribution in [2.24, 2.45) is 0 Å². The smallest absolute Gasteiger partial charge is 0.195 e. The van der Waals surface area contributed by atoms with Gasteiger partial charge in [-0.05, 0) is 75.4 Å². The summed E-state index contributed by atoms with van der Waals surface area (Å²) >= 11 is 0. The zero-order valence-corrected chi connectivity index (χ0v) is 25.0. The van der Waals surface area contributed by atoms with E-state index in [1.54, 1.807) is 6.07 Å². The molecule has 6 rings (SSSR count). The fourth-order valence-electron chi connectivity index (χ4n) is 7.39. The summed E-state index contributed by atoms with van der Waals surface area (Å²) in [5.41, 5.74) is 7.57. The second kappa shape index (κ2) is 9.75. The van der Waals surface area contributed by atoms with Gasteiger partial charge in [-0.3, -0.25) is 14.6 Å². The van der Waals surface area contributed by atoms with Crippen LogP contribution in [0, 0.1) is 11.3 Å². The van der Waals surface area contributed by atoms with Crippen molar-refractivity contribution < 1.29 is 4.79 Å². The summed E-state index contributed by atoms with van der Waals surface area (Å²) in [6.45, 7) is 20.4. The van der Waals surface area contributed by atoms with Gasteiger partial charge in [-0.1, -0.05) is 26.8 Å². The van der Waals surface area contributed by atoms with E-state index in [9.17, 15) is 10.1 Å². The van der Waals surface area contributed by atoms with E-state index in [0.29, 0.717) is 11.6 Å². The molecule has 1 aromatic heterocycles. The van der Waals surface area contributed by atoms with Gasteiger partial charge in [-0.15, -0.1) is 0 Å². The molecule has 210 valence electrons. The molecule has 0 amide bonds. The minimum atomic E-state index is -0.351. The topological polar surface area (TPSA) is 66.4 Å². The lowest BCUT2D eigenvalue weighted by molar-refractivity contribution is 0.0364. The van der Waals surface area contributed by atoms with E-state index >= 15 is 0 Å². The van der Waals surface area contributed by atoms with Gasteiger partial charge in [0.25, 0.3) is 0 Å². The first-order chi connectivity index (χ1) is 19.0. The number of hydrogen-bond donors (Lipinski definition) is 1. The lowest BCUT2D eigenvalue weighted by Gasteiger charge is -2.47. The number of benzene rings is 2. The number of anilines is 1. The Morgan fingerprint density at radius 3 is 2.35 bits per heavy atom. The number of aromatic nitrogens is 1. The van der Waals surface area contributed by atoms with E-state index in [4.69, 9.17) is 0 Å². The molecule has 2 fully saturated rings. The van der Waals surface area contributed by atoms with Crippen LogP contribution >= 0.6 is 0 Å². The number of aromatic amines is 1. The monoisotopic (exact) mass is 537 g/mol. The molecule has 3 heterocycles. The van der Waals surface area contributed by atoms with Crippen molar-refractivity contribution in [3.63, 3.8) is 0 Å². The van der Waals surface area contributed by atoms with Gasteiger partial charge in [0.15, 0.2) is 5.78 Å². The highest BCUT2D eigenvalue weighted by atomic mass is 16.1. The summed E-state index contributed by atoms with van der Waals surface area (Å²) in [7, 11) is 0. The van der Waals surface area contributed by atoms with Crippen molar-refractivity contribution in [1.29, 1.82) is 5.26 Å². The first kappa shape index (κ1) is 27.1. The van der Waals surface area contributed by atoms with Gasteiger partial charge < -0.3 is 9.88 Å². The lowest BCUT2D eigenvalue weighted by atomic mass is 9.70. The molecular weight excluding hydrogens is 494 g/mol. The maximum atomic E-state index is 14.0. The summed E-state index contributed by atoms with van der Waals surface area (Å²) in [5.74, 6) is 0.0923. The fourth-order valence-corrected chi connectivity index (χ4v) is 7.39. The quantitative estimate of drug-likeness (QED) is 0.454. The normalized spacial score (nSPS) is 20.4. The molecule has 3 aromatic rings. The number of ketones is 1. The summed E-state index contributed by atoms with van der Waals surface area (Å²) in [6.07, 6.45) is 3.27. The number of fused-ring (bicyclic) bond motifs is 4. The molecule has 1 aliphatic carbocycles. The SMILES string of the molecule is CCc1cc2c(cc1N1CCC(N3CCN(C(C)(C)C)CC3)CC1)C(C)(C)c1[nH]c3cc(C#N)ccc3c1C2=O. The van der Waals surface area contributed by atoms with Crippen molar-refractivity contribution in [3.05, 3.63) is 63.8 Å². The Hall–Kier alpha value is -3.14. The predicted octanol–water partition coefficient (Wildman–Crippen LogP) is 5.86. The third-order valence-corrected chi connectivity index (χ3v) is 9.88. The van der Waals surface area contributed by atoms with Gasteiger partial charge in [-0.25, -0.2) is 0 Å². The zero-order valence-electron chi connectivity index (χ0n) is 25.0. The van der Waals surface area contributed by atoms with Crippen LogP contribution in [0.5, 0.6) is 0 Å². The van der Waals surface area contributed by atoms with Crippen molar-refractivity contribution in [3.8, 4) is 6.07 Å². The Kier molecular flexibility index (Phi) is 6.59. The van der Waals surface area contributed by atoms with Gasteiger partial charge >= 0.3 is 0 Å². The molecule has 0 radical (unpaired) electrons. The van der Waals surface area contributed by atoms with Crippen LogP contribution < -0.4 is 4.90 Å². The third kappa shape index (κ3) is 4.35. The Bertz CT molecular complexity index is 1500. The Morgan fingerprint density at radius 2 is 1.73 bits per heavy atom. The van der Waals surface area contributed by atoms with Crippen LogP contribution in [0.3, 0.4) is 0 Å². The number of nitriles is 1. The molecule has 40 heavy (non-hydrogen) atoms. The van der Waals surface area contributed by atoms with Gasteiger partial charge in [0.2, 0.25) is 0 Å². The molecule has 0 spiro atoms. The molecule has 3 aliphatic rings. The standard InChI is InChI=1S/C34H43N5O/c1-7-23-19-26-27(34(5,6)32-30(31(26)40)25-9-8-22(21-35)18-28(25)36-32)20-29(23)38-12-10-24(11-13-38)37-14-16-39(17-15-37)33(2,3)4/h8-9,18-20,24,36H,7,10-17H2,1-6H3. The molecular formula is C34H43N5O. The Labute approximate surface area is 238 Å². The van der Waals surface area contributed by atoms with Gasteiger partial charge in [-0.2, -0.15) is 5.26 Å². The number of carbonyl (C=O) groups is 1. The summed E-state index contributed by atoms with van der Waals surface area (Å²) in [4.78, 5) is 25.4. The van der Waals surface area contributed by atoms with Crippen molar-refractivity contribution in [2.45, 2.75) is 77.8 Å². The number of rotatable bonds is 3. The second-order valence-corrected chi connectivity index (χ2v) is 13.5. The van der Waals surface area contributed by atoms with Crippen LogP contribution in [0.4, 0.5) is 5.69 Å². The number of aryl methyl sites for hydroxylation is 1. The van der Waals surface area contributed by atoms with Crippen LogP contribution in [0.1, 0.15) is 92.7 Å². The van der Waals surface area contributed by atoms with Gasteiger partial charge in [0.05, 0.1) is 17.2 Å². The van der Waals surface area contributed by atoms with Crippen molar-refractivity contribution in [1.82, 2.24) is 14.8 Å². The highest BCUT2D eigenvalue weighted by Crippen LogP contribution is 2.46. The predicted molar refractivity (Wildman–Crippen MR) is 163 cm³/mol. The van der Waals surface area contributed by atoms with Crippen LogP contribution in [0.25, 0.3) is 10.9 Å². The maximum absolute atomic E-state index is 14.0. The molecule has 0 saturated carbocycles. The number of H-pyrrole nitrogens is 1. The van der Waals surface area contributed by atoms with E-state index in [-0.39, 0.29) is 16.7 Å². The second-order valence-electron chi connectivity index (χ2n) is 13.5. The summed E-state index contributed by atoms with van der Waals surface area (Å²) < 4.78 is 0. The molecule has 0 bridgehead atoms. The Morgan fingerprint density at radius 1 is 1.02 bits per heavy atom. The largest absolute Gasteiger partial charge is 0.371 e. The third-order valence-electron chi connectivity index (χ3n) is 9.88. The fraction of sp³-hybridized carbons (Fsp3) is 0.529. The molecule has 2 aliphatic heterocycles. The molecule has 6 heteroatoms. The van der Waals surface area contributed by atoms with Crippen LogP contribution in [-0.2, 0) is 11.8 Å². The molecule has 2 aromatic carbocycles. The first-order valence-electron chi connectivity index (χ1n) is 15.1. The number of nitrogens with one attached hydrogen (secondary N) is 1. The molecule has 6 nitrogen and oxygen atoms in total. The van der Waals surface area contributed by atoms with E-state index in [1.165, 1.54) is 37.2 Å². The van der Waals surface area contributed by atoms with Gasteiger partial charge in [0, 0.05) is 84.1 Å². The number of nitrogens with zero attached hydrogens (tertiary/aromatic N) is 4. The highest BCUT2D eigenvalue weighted by molar-refractivity contribution is 6.20. The van der Waals surface area contributed by atoms with E-state index in [1.807, 2.05) is 12.1 Å². The van der Waals surface area contributed by atoms with Crippen LogP contribution in [0.15, 0.2) is 30.3 Å². The van der Waals surface area contributed by atoms with E-state index in [2.05, 4.69) is 79.4 Å². The number of piperazine rings is 1. The number of hydrogen-bond acceptors (Lipinski definition) is 5. The summed E-state index contributed by atoms with van der Waals surface area (Å²) in [6, 6.07) is 13.0. The van der Waals surface area contributed by atoms with Gasteiger partial charge in [0.1, 0.15) is 0 Å². The number of carbonyl (C=O) groups excluding carboxylic acids is 1. The van der Waals surface area contributed by atoms with Crippen molar-refractivity contribution >= 4 is 22.4 Å². The lowest BCUT2D eigenvalue weighted by Crippen LogP contribution is -2.57.